The van der Waals surface area contributed by atoms with E-state index in [1.807, 2.05) is 0 Å². The molecule has 0 aromatic heterocycles. The summed E-state index contributed by atoms with van der Waals surface area (Å²) in [6.45, 7) is 0. The van der Waals surface area contributed by atoms with E-state index in [-0.39, 0.29) is 6.04 Å². The number of hydrogen-bond donors (Lipinski definition) is 1. The molecule has 0 saturated heterocycles. The van der Waals surface area contributed by atoms with Crippen molar-refractivity contribution in [2.75, 3.05) is 0 Å². The van der Waals surface area contributed by atoms with Gasteiger partial charge in [-0.25, -0.2) is 0 Å². The van der Waals surface area contributed by atoms with Gasteiger partial charge in [0.05, 0.1) is 0 Å². The molecule has 2 unspecified atom stereocenters. The van der Waals surface area contributed by atoms with E-state index in [2.05, 4.69) is 15.9 Å². The standard InChI is InChI=1S/C6H11BrFN/c7-5-3-1-2-4-6(5)9-8/h5-6,9H,1-4H2. The fourth-order valence-corrected chi connectivity index (χ4v) is 1.90. The first kappa shape index (κ1) is 7.48. The van der Waals surface area contributed by atoms with Crippen molar-refractivity contribution in [3.63, 3.8) is 0 Å². The molecule has 1 N–H and O–H groups in total. The maximum absolute atomic E-state index is 11.8. The first-order valence-electron chi connectivity index (χ1n) is 3.35. The molecule has 0 bridgehead atoms. The van der Waals surface area contributed by atoms with Crippen molar-refractivity contribution in [3.05, 3.63) is 0 Å². The van der Waals surface area contributed by atoms with Crippen molar-refractivity contribution < 1.29 is 4.48 Å². The molecule has 0 amide bonds. The van der Waals surface area contributed by atoms with Crippen molar-refractivity contribution in [1.29, 1.82) is 0 Å². The van der Waals surface area contributed by atoms with Gasteiger partial charge in [0, 0.05) is 10.9 Å². The molecule has 0 aliphatic heterocycles. The zero-order chi connectivity index (χ0) is 6.69. The van der Waals surface area contributed by atoms with Gasteiger partial charge in [-0.3, -0.25) is 0 Å². The van der Waals surface area contributed by atoms with Crippen LogP contribution >= 0.6 is 15.9 Å². The molecule has 1 aliphatic rings. The molecular weight excluding hydrogens is 185 g/mol. The average molecular weight is 196 g/mol. The number of halogens is 2. The summed E-state index contributed by atoms with van der Waals surface area (Å²) in [5, 5.41) is 0. The van der Waals surface area contributed by atoms with Crippen LogP contribution in [0.25, 0.3) is 0 Å². The molecule has 1 saturated carbocycles. The summed E-state index contributed by atoms with van der Waals surface area (Å²) < 4.78 is 11.8. The van der Waals surface area contributed by atoms with Crippen LogP contribution in [0.1, 0.15) is 25.7 Å². The lowest BCUT2D eigenvalue weighted by Crippen LogP contribution is -2.34. The Hall–Kier alpha value is 0.370. The molecule has 1 aliphatic carbocycles. The quantitative estimate of drug-likeness (QED) is 0.500. The highest BCUT2D eigenvalue weighted by Gasteiger charge is 2.21. The predicted octanol–water partition coefficient (Wildman–Crippen LogP) is 2.17. The van der Waals surface area contributed by atoms with Gasteiger partial charge in [0.1, 0.15) is 0 Å². The van der Waals surface area contributed by atoms with Crippen molar-refractivity contribution in [2.45, 2.75) is 36.6 Å². The van der Waals surface area contributed by atoms with E-state index < -0.39 is 0 Å². The summed E-state index contributed by atoms with van der Waals surface area (Å²) in [5.74, 6) is 0. The van der Waals surface area contributed by atoms with E-state index in [0.29, 0.717) is 4.83 Å². The first-order valence-corrected chi connectivity index (χ1v) is 4.26. The van der Waals surface area contributed by atoms with Gasteiger partial charge in [0.2, 0.25) is 0 Å². The van der Waals surface area contributed by atoms with E-state index in [4.69, 9.17) is 0 Å². The molecule has 1 nitrogen and oxygen atoms in total. The average Bonchev–Trinajstić information content (AvgIpc) is 1.89. The van der Waals surface area contributed by atoms with Gasteiger partial charge in [-0.1, -0.05) is 28.8 Å². The lowest BCUT2D eigenvalue weighted by Gasteiger charge is -2.24. The van der Waals surface area contributed by atoms with Crippen LogP contribution in [0.4, 0.5) is 4.48 Å². The molecule has 1 rings (SSSR count). The largest absolute Gasteiger partial charge is 0.155 e. The van der Waals surface area contributed by atoms with Gasteiger partial charge in [0.15, 0.2) is 0 Å². The van der Waals surface area contributed by atoms with Crippen molar-refractivity contribution in [1.82, 2.24) is 5.54 Å². The minimum atomic E-state index is 0.0544. The molecule has 0 aromatic rings. The van der Waals surface area contributed by atoms with E-state index in [0.717, 1.165) is 19.3 Å². The van der Waals surface area contributed by atoms with E-state index in [9.17, 15) is 4.48 Å². The van der Waals surface area contributed by atoms with Crippen LogP contribution in [0.5, 0.6) is 0 Å². The van der Waals surface area contributed by atoms with E-state index >= 15 is 0 Å². The third kappa shape index (κ3) is 1.90. The Balaban J connectivity index is 2.30. The second-order valence-corrected chi connectivity index (χ2v) is 3.69. The lowest BCUT2D eigenvalue weighted by molar-refractivity contribution is 0.233. The zero-order valence-electron chi connectivity index (χ0n) is 5.24. The molecule has 0 spiro atoms. The second kappa shape index (κ2) is 3.52. The lowest BCUT2D eigenvalue weighted by atomic mass is 9.96. The summed E-state index contributed by atoms with van der Waals surface area (Å²) in [4.78, 5) is 0.344. The molecule has 0 heterocycles. The summed E-state index contributed by atoms with van der Waals surface area (Å²) in [7, 11) is 0. The molecule has 3 heteroatoms. The number of rotatable bonds is 1. The Labute approximate surface area is 63.1 Å². The minimum absolute atomic E-state index is 0.0544. The molecule has 0 aromatic carbocycles. The summed E-state index contributed by atoms with van der Waals surface area (Å²) in [6, 6.07) is 0.0544. The normalized spacial score (nSPS) is 36.7. The SMILES string of the molecule is FNC1CCCCC1Br. The molecule has 2 atom stereocenters. The number of alkyl halides is 1. The van der Waals surface area contributed by atoms with Gasteiger partial charge in [-0.15, -0.1) is 4.48 Å². The van der Waals surface area contributed by atoms with Crippen molar-refractivity contribution in [3.8, 4) is 0 Å². The molecular formula is C6H11BrFN. The first-order chi connectivity index (χ1) is 4.34. The minimum Gasteiger partial charge on any atom is -0.155 e. The molecule has 1 fully saturated rings. The highest BCUT2D eigenvalue weighted by molar-refractivity contribution is 9.09. The molecule has 9 heavy (non-hydrogen) atoms. The second-order valence-electron chi connectivity index (χ2n) is 2.52. The monoisotopic (exact) mass is 195 g/mol. The van der Waals surface area contributed by atoms with Crippen LogP contribution in [0.2, 0.25) is 0 Å². The summed E-state index contributed by atoms with van der Waals surface area (Å²) in [6.07, 6.45) is 4.45. The third-order valence-electron chi connectivity index (χ3n) is 1.82. The Morgan fingerprint density at radius 3 is 2.44 bits per heavy atom. The van der Waals surface area contributed by atoms with Gasteiger partial charge in [-0.2, -0.15) is 5.54 Å². The Kier molecular flexibility index (Phi) is 2.92. The van der Waals surface area contributed by atoms with Crippen molar-refractivity contribution in [2.24, 2.45) is 0 Å². The summed E-state index contributed by atoms with van der Waals surface area (Å²) >= 11 is 3.41. The zero-order valence-corrected chi connectivity index (χ0v) is 6.83. The fraction of sp³-hybridized carbons (Fsp3) is 1.00. The topological polar surface area (TPSA) is 12.0 Å². The van der Waals surface area contributed by atoms with Crippen LogP contribution in [0, 0.1) is 0 Å². The van der Waals surface area contributed by atoms with Gasteiger partial charge >= 0.3 is 0 Å². The van der Waals surface area contributed by atoms with Gasteiger partial charge in [0.25, 0.3) is 0 Å². The predicted molar refractivity (Wildman–Crippen MR) is 39.2 cm³/mol. The highest BCUT2D eigenvalue weighted by Crippen LogP contribution is 2.24. The maximum Gasteiger partial charge on any atom is 0.0496 e. The highest BCUT2D eigenvalue weighted by atomic mass is 79.9. The maximum atomic E-state index is 11.8. The van der Waals surface area contributed by atoms with Crippen LogP contribution in [-0.4, -0.2) is 10.9 Å². The Bertz CT molecular complexity index is 89.1. The van der Waals surface area contributed by atoms with Crippen LogP contribution < -0.4 is 5.54 Å². The Morgan fingerprint density at radius 2 is 2.00 bits per heavy atom. The smallest absolute Gasteiger partial charge is 0.0496 e. The van der Waals surface area contributed by atoms with Gasteiger partial charge in [-0.05, 0) is 12.8 Å². The number of hydrogen-bond acceptors (Lipinski definition) is 1. The third-order valence-corrected chi connectivity index (χ3v) is 2.92. The van der Waals surface area contributed by atoms with Gasteiger partial charge < -0.3 is 0 Å². The van der Waals surface area contributed by atoms with Crippen molar-refractivity contribution >= 4 is 15.9 Å². The molecule has 0 radical (unpaired) electrons. The van der Waals surface area contributed by atoms with Crippen LogP contribution in [-0.2, 0) is 0 Å². The van der Waals surface area contributed by atoms with E-state index in [1.54, 1.807) is 5.54 Å². The van der Waals surface area contributed by atoms with Crippen LogP contribution in [0.3, 0.4) is 0 Å². The Morgan fingerprint density at radius 1 is 1.33 bits per heavy atom. The summed E-state index contributed by atoms with van der Waals surface area (Å²) in [5.41, 5.74) is 1.81. The number of nitrogens with one attached hydrogen (secondary N) is 1. The fourth-order valence-electron chi connectivity index (χ4n) is 1.21. The van der Waals surface area contributed by atoms with Crippen LogP contribution in [0.15, 0.2) is 0 Å². The molecule has 54 valence electrons. The van der Waals surface area contributed by atoms with E-state index in [1.165, 1.54) is 6.42 Å².